The second kappa shape index (κ2) is 15.1. The minimum atomic E-state index is -1.18. The summed E-state index contributed by atoms with van der Waals surface area (Å²) in [5.74, 6) is -2.51. The van der Waals surface area contributed by atoms with Gasteiger partial charge in [0.25, 0.3) is 0 Å². The van der Waals surface area contributed by atoms with Crippen molar-refractivity contribution in [2.24, 2.45) is 17.3 Å². The molecule has 250 valence electrons. The van der Waals surface area contributed by atoms with Crippen LogP contribution in [0.2, 0.25) is 5.02 Å². The quantitative estimate of drug-likeness (QED) is 0.303. The van der Waals surface area contributed by atoms with Gasteiger partial charge in [-0.05, 0) is 63.3 Å². The number of aryl methyl sites for hydroxylation is 2. The van der Waals surface area contributed by atoms with E-state index in [0.29, 0.717) is 5.02 Å². The Bertz CT molecular complexity index is 1470. The maximum Gasteiger partial charge on any atom is 0.347 e. The lowest BCUT2D eigenvalue weighted by Crippen LogP contribution is -2.51. The van der Waals surface area contributed by atoms with Gasteiger partial charge in [-0.2, -0.15) is 0 Å². The Balaban J connectivity index is 1.61. The molecule has 46 heavy (non-hydrogen) atoms. The molecule has 0 bridgehead atoms. The number of epoxide rings is 1. The first-order valence-corrected chi connectivity index (χ1v) is 16.9. The number of halogens is 1. The van der Waals surface area contributed by atoms with Crippen LogP contribution in [-0.2, 0) is 39.8 Å². The van der Waals surface area contributed by atoms with Crippen LogP contribution in [0.1, 0.15) is 75.4 Å². The summed E-state index contributed by atoms with van der Waals surface area (Å²) >= 11 is 7.86. The number of hydrogen-bond acceptors (Lipinski definition) is 9. The topological polar surface area (TPSA) is 136 Å². The summed E-state index contributed by atoms with van der Waals surface area (Å²) in [6, 6.07) is 4.53. The highest BCUT2D eigenvalue weighted by molar-refractivity contribution is 7.09. The summed E-state index contributed by atoms with van der Waals surface area (Å²) in [5.41, 5.74) is 1.31. The molecule has 4 rings (SSSR count). The van der Waals surface area contributed by atoms with Crippen LogP contribution in [0.15, 0.2) is 35.7 Å². The maximum absolute atomic E-state index is 13.6. The summed E-state index contributed by atoms with van der Waals surface area (Å²) in [7, 11) is 0. The van der Waals surface area contributed by atoms with E-state index in [1.807, 2.05) is 52.1 Å². The molecule has 0 spiro atoms. The molecule has 2 N–H and O–H groups in total. The normalized spacial score (nSPS) is 27.3. The minimum Gasteiger partial charge on any atom is -0.459 e. The number of nitrogens with one attached hydrogen (secondary N) is 2. The molecule has 3 heterocycles. The monoisotopic (exact) mass is 673 g/mol. The van der Waals surface area contributed by atoms with Crippen molar-refractivity contribution in [2.45, 2.75) is 98.2 Å². The van der Waals surface area contributed by atoms with Gasteiger partial charge >= 0.3 is 11.9 Å². The van der Waals surface area contributed by atoms with Gasteiger partial charge in [-0.3, -0.25) is 14.4 Å². The predicted molar refractivity (Wildman–Crippen MR) is 175 cm³/mol. The van der Waals surface area contributed by atoms with E-state index in [9.17, 15) is 19.2 Å². The molecule has 0 radical (unpaired) electrons. The van der Waals surface area contributed by atoms with Gasteiger partial charge < -0.3 is 24.8 Å². The highest BCUT2D eigenvalue weighted by Crippen LogP contribution is 2.45. The zero-order valence-corrected chi connectivity index (χ0v) is 29.0. The zero-order valence-electron chi connectivity index (χ0n) is 27.4. The Kier molecular flexibility index (Phi) is 11.7. The third kappa shape index (κ3) is 9.39. The van der Waals surface area contributed by atoms with Gasteiger partial charge in [0, 0.05) is 35.7 Å². The Morgan fingerprint density at radius 1 is 1.11 bits per heavy atom. The standard InChI is InChI=1S/C34H44ClN3O7S/c1-18(2)13-27-32(41)43-26(20(4)29-30(45-29)25-16-46-21(5)37-25)9-8-10-28(39)38-24(15-22-12-11-19(3)23(35)14-22)31(40)36-17-34(6,7)33(42)44-27/h8,10-12,14,16,18,20,24,26-27,29-30H,9,13,15,17H2,1-7H3,(H,36,40)(H,38,39)/b10-8+/t20-,24+,26-,27-,29+,30+/m0/s1. The van der Waals surface area contributed by atoms with Crippen LogP contribution in [0.25, 0.3) is 0 Å². The van der Waals surface area contributed by atoms with E-state index in [2.05, 4.69) is 15.6 Å². The molecule has 1 fully saturated rings. The molecule has 0 unspecified atom stereocenters. The Labute approximate surface area is 279 Å². The van der Waals surface area contributed by atoms with Crippen molar-refractivity contribution in [3.05, 3.63) is 62.6 Å². The maximum atomic E-state index is 13.6. The number of carbonyl (C=O) groups excluding carboxylic acids is 4. The highest BCUT2D eigenvalue weighted by Gasteiger charge is 2.49. The van der Waals surface area contributed by atoms with Crippen LogP contribution in [0.3, 0.4) is 0 Å². The smallest absolute Gasteiger partial charge is 0.347 e. The lowest BCUT2D eigenvalue weighted by Gasteiger charge is -2.29. The summed E-state index contributed by atoms with van der Waals surface area (Å²) in [4.78, 5) is 58.0. The first-order chi connectivity index (χ1) is 21.6. The van der Waals surface area contributed by atoms with Gasteiger partial charge in [0.1, 0.15) is 18.2 Å². The van der Waals surface area contributed by atoms with Crippen molar-refractivity contribution in [2.75, 3.05) is 6.54 Å². The van der Waals surface area contributed by atoms with E-state index >= 15 is 0 Å². The number of esters is 2. The molecule has 1 aromatic carbocycles. The summed E-state index contributed by atoms with van der Waals surface area (Å²) < 4.78 is 17.8. The number of nitrogens with zero attached hydrogens (tertiary/aromatic N) is 1. The highest BCUT2D eigenvalue weighted by atomic mass is 35.5. The lowest BCUT2D eigenvalue weighted by atomic mass is 9.93. The molecule has 6 atom stereocenters. The van der Waals surface area contributed by atoms with Crippen molar-refractivity contribution >= 4 is 46.7 Å². The fraction of sp³-hybridized carbons (Fsp3) is 0.559. The molecule has 2 aliphatic heterocycles. The van der Waals surface area contributed by atoms with Crippen LogP contribution in [-0.4, -0.2) is 59.6 Å². The van der Waals surface area contributed by atoms with E-state index in [4.69, 9.17) is 25.8 Å². The van der Waals surface area contributed by atoms with Crippen LogP contribution in [0.5, 0.6) is 0 Å². The van der Waals surface area contributed by atoms with Gasteiger partial charge in [-0.15, -0.1) is 11.3 Å². The van der Waals surface area contributed by atoms with Gasteiger partial charge in [-0.25, -0.2) is 9.78 Å². The van der Waals surface area contributed by atoms with Crippen LogP contribution >= 0.6 is 22.9 Å². The molecule has 10 nitrogen and oxygen atoms in total. The molecule has 2 aromatic rings. The van der Waals surface area contributed by atoms with E-state index < -0.39 is 47.4 Å². The van der Waals surface area contributed by atoms with Gasteiger partial charge in [0.2, 0.25) is 11.8 Å². The van der Waals surface area contributed by atoms with Crippen molar-refractivity contribution in [1.29, 1.82) is 0 Å². The van der Waals surface area contributed by atoms with E-state index in [-0.39, 0.29) is 49.9 Å². The first-order valence-electron chi connectivity index (χ1n) is 15.6. The van der Waals surface area contributed by atoms with Gasteiger partial charge in [-0.1, -0.05) is 50.6 Å². The van der Waals surface area contributed by atoms with Crippen molar-refractivity contribution < 1.29 is 33.4 Å². The lowest BCUT2D eigenvalue weighted by molar-refractivity contribution is -0.179. The Hall–Kier alpha value is -3.28. The first kappa shape index (κ1) is 35.6. The van der Waals surface area contributed by atoms with Crippen molar-refractivity contribution in [3.8, 4) is 0 Å². The average Bonchev–Trinajstić information content (AvgIpc) is 3.67. The third-order valence-electron chi connectivity index (χ3n) is 8.23. The second-order valence-electron chi connectivity index (χ2n) is 13.3. The molecule has 2 amide bonds. The van der Waals surface area contributed by atoms with Crippen LogP contribution in [0.4, 0.5) is 0 Å². The number of benzene rings is 1. The number of rotatable bonds is 7. The van der Waals surface area contributed by atoms with Gasteiger partial charge in [0.15, 0.2) is 6.10 Å². The molecule has 0 aliphatic carbocycles. The van der Waals surface area contributed by atoms with Crippen LogP contribution < -0.4 is 10.6 Å². The largest absolute Gasteiger partial charge is 0.459 e. The molecule has 2 aliphatic rings. The number of aromatic nitrogens is 1. The second-order valence-corrected chi connectivity index (χ2v) is 14.7. The fourth-order valence-electron chi connectivity index (χ4n) is 5.23. The minimum absolute atomic E-state index is 0.0262. The average molecular weight is 674 g/mol. The summed E-state index contributed by atoms with van der Waals surface area (Å²) in [6.45, 7) is 12.8. The number of carbonyl (C=O) groups is 4. The van der Waals surface area contributed by atoms with E-state index in [1.165, 1.54) is 17.4 Å². The van der Waals surface area contributed by atoms with E-state index in [1.54, 1.807) is 26.0 Å². The predicted octanol–water partition coefficient (Wildman–Crippen LogP) is 5.19. The molecular formula is C34H44ClN3O7S. The van der Waals surface area contributed by atoms with Gasteiger partial charge in [0.05, 0.1) is 22.2 Å². The Morgan fingerprint density at radius 3 is 2.50 bits per heavy atom. The number of hydrogen-bond donors (Lipinski definition) is 2. The molecule has 1 saturated heterocycles. The SMILES string of the molecule is Cc1nc([C@H]2O[C@@H]2[C@@H](C)[C@@H]2C/C=C/C(=O)N[C@H](Cc3ccc(C)c(Cl)c3)C(=O)NCC(C)(C)C(=O)O[C@@H](CC(C)C)C(=O)O2)cs1. The fourth-order valence-corrected chi connectivity index (χ4v) is 6.07. The number of ether oxygens (including phenoxy) is 3. The van der Waals surface area contributed by atoms with Crippen molar-refractivity contribution in [1.82, 2.24) is 15.6 Å². The number of amides is 2. The zero-order chi connectivity index (χ0) is 33.8. The third-order valence-corrected chi connectivity index (χ3v) is 9.43. The number of cyclic esters (lactones) is 2. The molecule has 0 saturated carbocycles. The Morgan fingerprint density at radius 2 is 1.85 bits per heavy atom. The molecule has 12 heteroatoms. The van der Waals surface area contributed by atoms with Crippen LogP contribution in [0, 0.1) is 31.1 Å². The van der Waals surface area contributed by atoms with Crippen molar-refractivity contribution in [3.63, 3.8) is 0 Å². The summed E-state index contributed by atoms with van der Waals surface area (Å²) in [6.07, 6.45) is 1.30. The molecule has 1 aromatic heterocycles. The molecular weight excluding hydrogens is 630 g/mol. The summed E-state index contributed by atoms with van der Waals surface area (Å²) in [5, 5.41) is 9.01. The number of thiazole rings is 1. The van der Waals surface area contributed by atoms with E-state index in [0.717, 1.165) is 21.8 Å².